The van der Waals surface area contributed by atoms with Gasteiger partial charge in [0.15, 0.2) is 0 Å². The van der Waals surface area contributed by atoms with Crippen LogP contribution in [0, 0.1) is 6.20 Å². The first-order chi connectivity index (χ1) is 14.7. The molecule has 4 aromatic rings. The van der Waals surface area contributed by atoms with Crippen molar-refractivity contribution >= 4 is 27.8 Å². The number of ether oxygens (including phenoxy) is 1. The second kappa shape index (κ2) is 9.22. The summed E-state index contributed by atoms with van der Waals surface area (Å²) in [5.41, 5.74) is 6.47. The summed E-state index contributed by atoms with van der Waals surface area (Å²) < 4.78 is 7.20. The van der Waals surface area contributed by atoms with Crippen molar-refractivity contribution in [3.63, 3.8) is 0 Å². The summed E-state index contributed by atoms with van der Waals surface area (Å²) >= 11 is 0. The Morgan fingerprint density at radius 1 is 1.10 bits per heavy atom. The number of fused-ring (bicyclic) bond motifs is 2. The third kappa shape index (κ3) is 3.96. The Morgan fingerprint density at radius 3 is 2.68 bits per heavy atom. The Labute approximate surface area is 207 Å². The van der Waals surface area contributed by atoms with E-state index < -0.39 is 0 Å². The van der Waals surface area contributed by atoms with Gasteiger partial charge in [-0.2, -0.15) is 12.1 Å². The van der Waals surface area contributed by atoms with Crippen LogP contribution in [0.3, 0.4) is 0 Å². The van der Waals surface area contributed by atoms with E-state index >= 15 is 0 Å². The van der Waals surface area contributed by atoms with E-state index in [1.807, 2.05) is 18.2 Å². The molecule has 1 saturated carbocycles. The number of pyridine rings is 1. The molecule has 1 aliphatic carbocycles. The molecule has 1 fully saturated rings. The molecule has 0 atom stereocenters. The number of benzene rings is 2. The normalized spacial score (nSPS) is 14.5. The Bertz CT molecular complexity index is 1260. The summed E-state index contributed by atoms with van der Waals surface area (Å²) in [5, 5.41) is 2.35. The van der Waals surface area contributed by atoms with E-state index in [0.29, 0.717) is 11.5 Å². The predicted molar refractivity (Wildman–Crippen MR) is 120 cm³/mol. The second-order valence-electron chi connectivity index (χ2n) is 8.23. The van der Waals surface area contributed by atoms with E-state index in [9.17, 15) is 4.79 Å². The van der Waals surface area contributed by atoms with Gasteiger partial charge in [-0.05, 0) is 47.5 Å². The fourth-order valence-corrected chi connectivity index (χ4v) is 5.04. The van der Waals surface area contributed by atoms with E-state index in [-0.39, 0.29) is 38.7 Å². The summed E-state index contributed by atoms with van der Waals surface area (Å²) in [6.07, 6.45) is 9.22. The molecule has 0 bridgehead atoms. The second-order valence-corrected chi connectivity index (χ2v) is 8.23. The molecule has 2 aromatic heterocycles. The van der Waals surface area contributed by atoms with Gasteiger partial charge in [0.05, 0.1) is 18.4 Å². The predicted octanol–water partition coefficient (Wildman–Crippen LogP) is 6.03. The number of carbonyl (C=O) groups excluding carboxylic acids is 1. The Hall–Kier alpha value is -2.04. The van der Waals surface area contributed by atoms with Crippen LogP contribution in [0.1, 0.15) is 53.9 Å². The number of methoxy groups -OCH3 is 1. The van der Waals surface area contributed by atoms with E-state index in [4.69, 9.17) is 4.74 Å². The van der Waals surface area contributed by atoms with E-state index in [1.54, 1.807) is 0 Å². The number of esters is 1. The molecular weight excluding hydrogens is 461 g/mol. The summed E-state index contributed by atoms with van der Waals surface area (Å²) in [7, 11) is 3.53. The SMILES string of the molecule is COC(=O)c1ccc2c(C3CCCCC3)c(-c3ccc4n[c-]ccc4c3)n(C)c2c1.[Y]. The van der Waals surface area contributed by atoms with Crippen molar-refractivity contribution in [1.82, 2.24) is 9.55 Å². The van der Waals surface area contributed by atoms with Gasteiger partial charge in [-0.15, -0.1) is 5.39 Å². The molecule has 2 heterocycles. The third-order valence-electron chi connectivity index (χ3n) is 6.50. The Balaban J connectivity index is 0.00000231. The minimum atomic E-state index is -0.299. The van der Waals surface area contributed by atoms with Crippen molar-refractivity contribution in [1.29, 1.82) is 0 Å². The topological polar surface area (TPSA) is 44.1 Å². The fourth-order valence-electron chi connectivity index (χ4n) is 5.04. The van der Waals surface area contributed by atoms with Gasteiger partial charge < -0.3 is 14.3 Å². The molecule has 0 saturated heterocycles. The first kappa shape index (κ1) is 22.2. The summed E-state index contributed by atoms with van der Waals surface area (Å²) in [4.78, 5) is 16.5. The number of nitrogens with zero attached hydrogens (tertiary/aromatic N) is 2. The van der Waals surface area contributed by atoms with Crippen molar-refractivity contribution in [3.8, 4) is 11.3 Å². The average molecular weight is 486 g/mol. The first-order valence-corrected chi connectivity index (χ1v) is 10.7. The van der Waals surface area contributed by atoms with Crippen molar-refractivity contribution < 1.29 is 42.2 Å². The smallest absolute Gasteiger partial charge is 0.337 e. The minimum Gasteiger partial charge on any atom is -0.465 e. The maximum absolute atomic E-state index is 12.1. The van der Waals surface area contributed by atoms with Crippen LogP contribution in [-0.4, -0.2) is 22.6 Å². The molecule has 155 valence electrons. The van der Waals surface area contributed by atoms with Crippen molar-refractivity contribution in [3.05, 3.63) is 65.9 Å². The van der Waals surface area contributed by atoms with E-state index in [1.165, 1.54) is 61.4 Å². The van der Waals surface area contributed by atoms with Gasteiger partial charge in [0.1, 0.15) is 0 Å². The Morgan fingerprint density at radius 2 is 1.90 bits per heavy atom. The van der Waals surface area contributed by atoms with Gasteiger partial charge in [-0.1, -0.05) is 49.7 Å². The maximum atomic E-state index is 12.1. The van der Waals surface area contributed by atoms with Gasteiger partial charge in [0, 0.05) is 50.7 Å². The van der Waals surface area contributed by atoms with Gasteiger partial charge >= 0.3 is 5.97 Å². The van der Waals surface area contributed by atoms with Gasteiger partial charge in [-0.3, -0.25) is 0 Å². The molecule has 31 heavy (non-hydrogen) atoms. The van der Waals surface area contributed by atoms with Crippen molar-refractivity contribution in [2.75, 3.05) is 7.11 Å². The number of aryl methyl sites for hydroxylation is 1. The van der Waals surface area contributed by atoms with Gasteiger partial charge in [-0.25, -0.2) is 4.79 Å². The molecule has 0 aliphatic heterocycles. The summed E-state index contributed by atoms with van der Waals surface area (Å²) in [6.45, 7) is 0. The number of aromatic nitrogens is 2. The molecule has 2 aromatic carbocycles. The number of rotatable bonds is 3. The molecule has 1 radical (unpaired) electrons. The Kier molecular flexibility index (Phi) is 6.59. The average Bonchev–Trinajstić information content (AvgIpc) is 3.10. The quantitative estimate of drug-likeness (QED) is 0.263. The van der Waals surface area contributed by atoms with E-state index in [0.717, 1.165) is 16.4 Å². The first-order valence-electron chi connectivity index (χ1n) is 10.7. The molecule has 5 heteroatoms. The molecule has 0 N–H and O–H groups in total. The zero-order chi connectivity index (χ0) is 20.7. The number of hydrogen-bond donors (Lipinski definition) is 0. The van der Waals surface area contributed by atoms with Crippen molar-refractivity contribution in [2.24, 2.45) is 7.05 Å². The summed E-state index contributed by atoms with van der Waals surface area (Å²) in [5.74, 6) is 0.242. The summed E-state index contributed by atoms with van der Waals surface area (Å²) in [6, 6.07) is 16.3. The van der Waals surface area contributed by atoms with Crippen molar-refractivity contribution in [2.45, 2.75) is 38.0 Å². The van der Waals surface area contributed by atoms with Crippen LogP contribution in [0.4, 0.5) is 0 Å². The van der Waals surface area contributed by atoms with Crippen LogP contribution in [0.15, 0.2) is 48.5 Å². The zero-order valence-corrected chi connectivity index (χ0v) is 20.9. The molecule has 0 amide bonds. The molecule has 5 rings (SSSR count). The van der Waals surface area contributed by atoms with Crippen LogP contribution in [0.5, 0.6) is 0 Å². The van der Waals surface area contributed by atoms with Crippen LogP contribution in [-0.2, 0) is 44.5 Å². The molecule has 1 aliphatic rings. The van der Waals surface area contributed by atoms with Gasteiger partial charge in [0.2, 0.25) is 0 Å². The molecule has 0 unspecified atom stereocenters. The van der Waals surface area contributed by atoms with Gasteiger partial charge in [0.25, 0.3) is 0 Å². The molecular formula is C26H25N2O2Y-. The largest absolute Gasteiger partial charge is 0.465 e. The zero-order valence-electron chi connectivity index (χ0n) is 18.0. The standard InChI is InChI=1S/C26H25N2O2.Y/c1-28-23-16-20(26(29)30-2)10-12-21(23)24(17-7-4-3-5-8-17)25(28)19-11-13-22-18(15-19)9-6-14-27-22;/h6,9-13,15-17H,3-5,7-8H2,1-2H3;/q-1;. The monoisotopic (exact) mass is 486 g/mol. The molecule has 4 nitrogen and oxygen atoms in total. The number of carbonyl (C=O) groups is 1. The van der Waals surface area contributed by atoms with E-state index in [2.05, 4.69) is 53.1 Å². The minimum absolute atomic E-state index is 0. The van der Waals surface area contributed by atoms with Crippen LogP contribution < -0.4 is 0 Å². The van der Waals surface area contributed by atoms with Crippen LogP contribution in [0.2, 0.25) is 0 Å². The van der Waals surface area contributed by atoms with Crippen LogP contribution >= 0.6 is 0 Å². The van der Waals surface area contributed by atoms with Crippen LogP contribution in [0.25, 0.3) is 33.1 Å². The maximum Gasteiger partial charge on any atom is 0.337 e. The fraction of sp³-hybridized carbons (Fsp3) is 0.308. The third-order valence-corrected chi connectivity index (χ3v) is 6.50. The number of hydrogen-bond acceptors (Lipinski definition) is 3. The molecule has 0 spiro atoms.